The lowest BCUT2D eigenvalue weighted by molar-refractivity contribution is 0.360. The Hall–Kier alpha value is -2.14. The number of fused-ring (bicyclic) bond motifs is 1. The maximum absolute atomic E-state index is 5.66. The van der Waals surface area contributed by atoms with Crippen LogP contribution in [0, 0.1) is 0 Å². The quantitative estimate of drug-likeness (QED) is 0.791. The van der Waals surface area contributed by atoms with Crippen LogP contribution in [0.1, 0.15) is 37.0 Å². The highest BCUT2D eigenvalue weighted by Crippen LogP contribution is 2.19. The highest BCUT2D eigenvalue weighted by Gasteiger charge is 2.11. The first-order valence-corrected chi connectivity index (χ1v) is 6.77. The number of nitrogens with two attached hydrogens (primary N) is 1. The summed E-state index contributed by atoms with van der Waals surface area (Å²) >= 11 is 0. The summed E-state index contributed by atoms with van der Waals surface area (Å²) in [5, 5.41) is 5.21. The molecule has 1 aromatic carbocycles. The van der Waals surface area contributed by atoms with E-state index in [0.29, 0.717) is 24.8 Å². The second kappa shape index (κ2) is 5.09. The molecule has 5 heteroatoms. The molecule has 2 heterocycles. The molecule has 5 nitrogen and oxygen atoms in total. The average molecular weight is 270 g/mol. The van der Waals surface area contributed by atoms with Crippen molar-refractivity contribution in [2.24, 2.45) is 5.73 Å². The molecule has 3 aromatic rings. The van der Waals surface area contributed by atoms with E-state index < -0.39 is 0 Å². The molecule has 0 saturated carbocycles. The van der Waals surface area contributed by atoms with Crippen molar-refractivity contribution in [2.75, 3.05) is 0 Å². The molecular formula is C15H18N4O. The van der Waals surface area contributed by atoms with E-state index in [-0.39, 0.29) is 5.92 Å². The third-order valence-corrected chi connectivity index (χ3v) is 3.36. The zero-order chi connectivity index (χ0) is 14.1. The molecule has 0 saturated heterocycles. The zero-order valence-electron chi connectivity index (χ0n) is 11.7. The minimum absolute atomic E-state index is 0.254. The van der Waals surface area contributed by atoms with E-state index >= 15 is 0 Å². The monoisotopic (exact) mass is 270 g/mol. The number of hydrogen-bond donors (Lipinski definition) is 1. The van der Waals surface area contributed by atoms with Gasteiger partial charge in [0.2, 0.25) is 5.89 Å². The first kappa shape index (κ1) is 12.9. The number of hydrogen-bond acceptors (Lipinski definition) is 4. The third kappa shape index (κ3) is 2.32. The van der Waals surface area contributed by atoms with Gasteiger partial charge in [0.15, 0.2) is 5.82 Å². The topological polar surface area (TPSA) is 69.9 Å². The predicted molar refractivity (Wildman–Crippen MR) is 77.3 cm³/mol. The van der Waals surface area contributed by atoms with Gasteiger partial charge in [-0.05, 0) is 29.1 Å². The Morgan fingerprint density at radius 3 is 2.85 bits per heavy atom. The number of aromatic nitrogens is 3. The van der Waals surface area contributed by atoms with Crippen molar-refractivity contribution in [3.8, 4) is 0 Å². The van der Waals surface area contributed by atoms with Crippen LogP contribution in [-0.4, -0.2) is 14.7 Å². The van der Waals surface area contributed by atoms with Gasteiger partial charge in [0, 0.05) is 24.2 Å². The Morgan fingerprint density at radius 1 is 1.30 bits per heavy atom. The third-order valence-electron chi connectivity index (χ3n) is 3.36. The first-order valence-electron chi connectivity index (χ1n) is 6.77. The molecule has 2 N–H and O–H groups in total. The van der Waals surface area contributed by atoms with Crippen molar-refractivity contribution in [1.29, 1.82) is 0 Å². The van der Waals surface area contributed by atoms with Crippen molar-refractivity contribution in [3.63, 3.8) is 0 Å². The summed E-state index contributed by atoms with van der Waals surface area (Å²) in [4.78, 5) is 4.41. The van der Waals surface area contributed by atoms with E-state index in [0.717, 1.165) is 11.1 Å². The average Bonchev–Trinajstić information content (AvgIpc) is 3.06. The summed E-state index contributed by atoms with van der Waals surface area (Å²) in [7, 11) is 0. The van der Waals surface area contributed by atoms with Gasteiger partial charge in [0.25, 0.3) is 0 Å². The van der Waals surface area contributed by atoms with E-state index in [1.165, 1.54) is 5.39 Å². The van der Waals surface area contributed by atoms with Gasteiger partial charge in [0.1, 0.15) is 0 Å². The SMILES string of the molecule is CC(C)c1nc(Cn2ccc3cc(CN)ccc32)no1. The van der Waals surface area contributed by atoms with Gasteiger partial charge in [-0.2, -0.15) is 4.98 Å². The maximum atomic E-state index is 5.66. The van der Waals surface area contributed by atoms with Crippen LogP contribution >= 0.6 is 0 Å². The van der Waals surface area contributed by atoms with Crippen LogP contribution in [-0.2, 0) is 13.1 Å². The van der Waals surface area contributed by atoms with Gasteiger partial charge in [-0.15, -0.1) is 0 Å². The first-order chi connectivity index (χ1) is 9.67. The molecule has 0 fully saturated rings. The van der Waals surface area contributed by atoms with Gasteiger partial charge in [-0.25, -0.2) is 0 Å². The van der Waals surface area contributed by atoms with Crippen molar-refractivity contribution in [3.05, 3.63) is 47.7 Å². The van der Waals surface area contributed by atoms with Crippen LogP contribution in [0.25, 0.3) is 10.9 Å². The Balaban J connectivity index is 1.90. The van der Waals surface area contributed by atoms with Crippen LogP contribution in [0.3, 0.4) is 0 Å². The molecule has 0 spiro atoms. The Kier molecular flexibility index (Phi) is 3.28. The molecule has 0 atom stereocenters. The van der Waals surface area contributed by atoms with E-state index in [9.17, 15) is 0 Å². The van der Waals surface area contributed by atoms with E-state index in [4.69, 9.17) is 10.3 Å². The molecule has 0 bridgehead atoms. The summed E-state index contributed by atoms with van der Waals surface area (Å²) in [6.45, 7) is 5.25. The number of benzene rings is 1. The lowest BCUT2D eigenvalue weighted by atomic mass is 10.1. The van der Waals surface area contributed by atoms with Gasteiger partial charge in [-0.3, -0.25) is 0 Å². The predicted octanol–water partition coefficient (Wildman–Crippen LogP) is 2.65. The van der Waals surface area contributed by atoms with Crippen molar-refractivity contribution in [2.45, 2.75) is 32.9 Å². The summed E-state index contributed by atoms with van der Waals surface area (Å²) < 4.78 is 7.35. The maximum Gasteiger partial charge on any atom is 0.229 e. The second-order valence-electron chi connectivity index (χ2n) is 5.24. The zero-order valence-corrected chi connectivity index (χ0v) is 11.7. The van der Waals surface area contributed by atoms with Gasteiger partial charge >= 0.3 is 0 Å². The van der Waals surface area contributed by atoms with E-state index in [2.05, 4.69) is 39.0 Å². The van der Waals surface area contributed by atoms with Crippen LogP contribution < -0.4 is 5.73 Å². The van der Waals surface area contributed by atoms with Crippen molar-refractivity contribution >= 4 is 10.9 Å². The van der Waals surface area contributed by atoms with Crippen molar-refractivity contribution < 1.29 is 4.52 Å². The number of nitrogens with zero attached hydrogens (tertiary/aromatic N) is 3. The molecule has 0 amide bonds. The van der Waals surface area contributed by atoms with Crippen LogP contribution in [0.2, 0.25) is 0 Å². The summed E-state index contributed by atoms with van der Waals surface area (Å²) in [6.07, 6.45) is 2.04. The van der Waals surface area contributed by atoms with Gasteiger partial charge in [-0.1, -0.05) is 25.1 Å². The van der Waals surface area contributed by atoms with E-state index in [1.807, 2.05) is 20.0 Å². The van der Waals surface area contributed by atoms with Crippen molar-refractivity contribution in [1.82, 2.24) is 14.7 Å². The molecule has 3 rings (SSSR count). The molecular weight excluding hydrogens is 252 g/mol. The highest BCUT2D eigenvalue weighted by atomic mass is 16.5. The largest absolute Gasteiger partial charge is 0.340 e. The fourth-order valence-electron chi connectivity index (χ4n) is 2.23. The van der Waals surface area contributed by atoms with Gasteiger partial charge < -0.3 is 14.8 Å². The fourth-order valence-corrected chi connectivity index (χ4v) is 2.23. The summed E-state index contributed by atoms with van der Waals surface area (Å²) in [6, 6.07) is 8.33. The Morgan fingerprint density at radius 2 is 2.15 bits per heavy atom. The number of rotatable bonds is 4. The fraction of sp³-hybridized carbons (Fsp3) is 0.333. The minimum atomic E-state index is 0.254. The molecule has 0 unspecified atom stereocenters. The normalized spacial score (nSPS) is 11.6. The Labute approximate surface area is 117 Å². The smallest absolute Gasteiger partial charge is 0.229 e. The summed E-state index contributed by atoms with van der Waals surface area (Å²) in [5.74, 6) is 1.64. The molecule has 0 aliphatic carbocycles. The molecule has 0 aliphatic rings. The lowest BCUT2D eigenvalue weighted by Crippen LogP contribution is -2.01. The lowest BCUT2D eigenvalue weighted by Gasteiger charge is -2.03. The summed E-state index contributed by atoms with van der Waals surface area (Å²) in [5.41, 5.74) is 7.95. The molecule has 0 aliphatic heterocycles. The molecule has 20 heavy (non-hydrogen) atoms. The van der Waals surface area contributed by atoms with E-state index in [1.54, 1.807) is 0 Å². The molecule has 0 radical (unpaired) electrons. The highest BCUT2D eigenvalue weighted by molar-refractivity contribution is 5.80. The minimum Gasteiger partial charge on any atom is -0.340 e. The second-order valence-corrected chi connectivity index (χ2v) is 5.24. The standard InChI is InChI=1S/C15H18N4O/c1-10(2)15-17-14(18-20-15)9-19-6-5-12-7-11(8-16)3-4-13(12)19/h3-7,10H,8-9,16H2,1-2H3. The Bertz CT molecular complexity index is 726. The van der Waals surface area contributed by atoms with Crippen LogP contribution in [0.15, 0.2) is 35.0 Å². The molecule has 2 aromatic heterocycles. The van der Waals surface area contributed by atoms with Crippen LogP contribution in [0.5, 0.6) is 0 Å². The van der Waals surface area contributed by atoms with Gasteiger partial charge in [0.05, 0.1) is 6.54 Å². The molecule has 104 valence electrons. The van der Waals surface area contributed by atoms with Crippen LogP contribution in [0.4, 0.5) is 0 Å².